The van der Waals surface area contributed by atoms with Gasteiger partial charge in [-0.2, -0.15) is 4.31 Å². The predicted molar refractivity (Wildman–Crippen MR) is 140 cm³/mol. The van der Waals surface area contributed by atoms with Crippen LogP contribution in [-0.2, 0) is 26.0 Å². The molecule has 0 saturated heterocycles. The number of para-hydroxylation sites is 1. The van der Waals surface area contributed by atoms with E-state index in [0.717, 1.165) is 21.2 Å². The molecule has 0 aliphatic carbocycles. The number of rotatable bonds is 10. The molecule has 1 atom stereocenters. The van der Waals surface area contributed by atoms with Crippen molar-refractivity contribution >= 4 is 21.9 Å². The molecule has 0 saturated carbocycles. The second-order valence-electron chi connectivity index (χ2n) is 8.34. The van der Waals surface area contributed by atoms with Crippen LogP contribution in [0.15, 0.2) is 83.8 Å². The Morgan fingerprint density at radius 3 is 2.27 bits per heavy atom. The molecule has 3 aromatic carbocycles. The molecule has 1 unspecified atom stereocenters. The van der Waals surface area contributed by atoms with E-state index in [0.29, 0.717) is 5.56 Å². The van der Waals surface area contributed by atoms with E-state index < -0.39 is 34.5 Å². The molecule has 2 N–H and O–H groups in total. The molecule has 0 aliphatic rings. The number of hydrogen-bond donors (Lipinski definition) is 2. The summed E-state index contributed by atoms with van der Waals surface area (Å²) in [7, 11) is -2.62. The van der Waals surface area contributed by atoms with Gasteiger partial charge in [0.2, 0.25) is 15.9 Å². The lowest BCUT2D eigenvalue weighted by Crippen LogP contribution is -2.46. The fourth-order valence-electron chi connectivity index (χ4n) is 3.35. The zero-order chi connectivity index (χ0) is 26.8. The molecule has 0 aromatic heterocycles. The molecule has 0 fully saturated rings. The first kappa shape index (κ1) is 27.5. The Kier molecular flexibility index (Phi) is 9.44. The van der Waals surface area contributed by atoms with Gasteiger partial charge in [0.25, 0.3) is 0 Å². The van der Waals surface area contributed by atoms with E-state index in [-0.39, 0.29) is 17.9 Å². The van der Waals surface area contributed by atoms with Crippen LogP contribution in [0.3, 0.4) is 0 Å². The molecule has 0 heterocycles. The van der Waals surface area contributed by atoms with Gasteiger partial charge >= 0.3 is 5.97 Å². The quantitative estimate of drug-likeness (QED) is 0.398. The van der Waals surface area contributed by atoms with Crippen LogP contribution in [-0.4, -0.2) is 55.9 Å². The number of nitrogens with zero attached hydrogens (tertiary/aromatic N) is 1. The highest BCUT2D eigenvalue weighted by atomic mass is 32.2. The van der Waals surface area contributed by atoms with Gasteiger partial charge in [-0.15, -0.1) is 0 Å². The van der Waals surface area contributed by atoms with E-state index in [1.54, 1.807) is 36.4 Å². The lowest BCUT2D eigenvalue weighted by molar-refractivity contribution is -0.141. The van der Waals surface area contributed by atoms with Crippen molar-refractivity contribution < 1.29 is 27.9 Å². The number of carbonyl (C=O) groups is 2. The van der Waals surface area contributed by atoms with Crippen LogP contribution in [0.25, 0.3) is 0 Å². The molecule has 0 aliphatic heterocycles. The van der Waals surface area contributed by atoms with Gasteiger partial charge in [-0.3, -0.25) is 4.79 Å². The molecular weight excluding hydrogens is 492 g/mol. The van der Waals surface area contributed by atoms with Gasteiger partial charge in [0.1, 0.15) is 18.4 Å². The van der Waals surface area contributed by atoms with Gasteiger partial charge in [-0.25, -0.2) is 13.2 Å². The maximum absolute atomic E-state index is 12.7. The van der Waals surface area contributed by atoms with Gasteiger partial charge in [-0.1, -0.05) is 59.9 Å². The minimum absolute atomic E-state index is 0.0281. The average Bonchev–Trinajstić information content (AvgIpc) is 2.88. The zero-order valence-corrected chi connectivity index (χ0v) is 21.4. The highest BCUT2D eigenvalue weighted by Gasteiger charge is 2.26. The summed E-state index contributed by atoms with van der Waals surface area (Å²) in [5.74, 6) is 4.69. The molecule has 0 radical (unpaired) electrons. The Hall–Kier alpha value is -4.13. The number of amides is 1. The molecule has 0 bridgehead atoms. The molecule has 192 valence electrons. The van der Waals surface area contributed by atoms with Crippen molar-refractivity contribution in [2.75, 3.05) is 20.2 Å². The van der Waals surface area contributed by atoms with E-state index in [4.69, 9.17) is 4.74 Å². The van der Waals surface area contributed by atoms with Crippen molar-refractivity contribution in [3.63, 3.8) is 0 Å². The van der Waals surface area contributed by atoms with Gasteiger partial charge < -0.3 is 15.2 Å². The number of aryl methyl sites for hydroxylation is 1. The lowest BCUT2D eigenvalue weighted by Gasteiger charge is -2.19. The number of likely N-dealkylation sites (N-methyl/N-ethyl adjacent to an activating group) is 1. The first-order valence-corrected chi connectivity index (χ1v) is 12.9. The summed E-state index contributed by atoms with van der Waals surface area (Å²) in [6.45, 7) is 1.55. The lowest BCUT2D eigenvalue weighted by atomic mass is 10.0. The van der Waals surface area contributed by atoms with Crippen LogP contribution in [0.4, 0.5) is 0 Å². The van der Waals surface area contributed by atoms with E-state index in [1.807, 2.05) is 37.3 Å². The Bertz CT molecular complexity index is 1380. The molecule has 8 nitrogen and oxygen atoms in total. The van der Waals surface area contributed by atoms with E-state index in [9.17, 15) is 23.1 Å². The normalized spacial score (nSPS) is 11.8. The van der Waals surface area contributed by atoms with Crippen molar-refractivity contribution in [3.05, 3.63) is 95.6 Å². The third-order valence-corrected chi connectivity index (χ3v) is 7.23. The third kappa shape index (κ3) is 8.20. The number of nitrogens with one attached hydrogen (secondary N) is 1. The maximum Gasteiger partial charge on any atom is 0.326 e. The topological polar surface area (TPSA) is 113 Å². The summed E-state index contributed by atoms with van der Waals surface area (Å²) in [4.78, 5) is 24.3. The minimum atomic E-state index is -3.89. The molecular formula is C28H28N2O6S. The second-order valence-corrected chi connectivity index (χ2v) is 10.4. The number of carboxylic acid groups (broad SMARTS) is 1. The standard InChI is InChI=1S/C28H28N2O6S/c1-21-10-16-25(17-11-21)37(34,35)30(2)20-27(31)29-26(28(32)33)19-23-14-12-22(13-15-23)7-6-18-36-24-8-4-3-5-9-24/h3-5,8-17,26H,18-20H2,1-2H3,(H,29,31)(H,32,33). The predicted octanol–water partition coefficient (Wildman–Crippen LogP) is 2.86. The summed E-state index contributed by atoms with van der Waals surface area (Å²) < 4.78 is 31.8. The summed E-state index contributed by atoms with van der Waals surface area (Å²) in [6.07, 6.45) is 0.0281. The summed E-state index contributed by atoms with van der Waals surface area (Å²) in [5, 5.41) is 12.0. The first-order chi connectivity index (χ1) is 17.6. The Morgan fingerprint density at radius 2 is 1.65 bits per heavy atom. The molecule has 0 spiro atoms. The molecule has 3 aromatic rings. The molecule has 37 heavy (non-hydrogen) atoms. The second kappa shape index (κ2) is 12.7. The van der Waals surface area contributed by atoms with E-state index in [1.165, 1.54) is 19.2 Å². The number of carboxylic acids is 1. The highest BCUT2D eigenvalue weighted by molar-refractivity contribution is 7.89. The van der Waals surface area contributed by atoms with Crippen molar-refractivity contribution in [1.29, 1.82) is 0 Å². The average molecular weight is 521 g/mol. The molecule has 3 rings (SSSR count). The van der Waals surface area contributed by atoms with Crippen LogP contribution >= 0.6 is 0 Å². The monoisotopic (exact) mass is 520 g/mol. The van der Waals surface area contributed by atoms with Crippen molar-refractivity contribution in [3.8, 4) is 17.6 Å². The summed E-state index contributed by atoms with van der Waals surface area (Å²) >= 11 is 0. The van der Waals surface area contributed by atoms with Gasteiger partial charge in [-0.05, 0) is 48.9 Å². The Balaban J connectivity index is 1.55. The fourth-order valence-corrected chi connectivity index (χ4v) is 4.48. The summed E-state index contributed by atoms with van der Waals surface area (Å²) in [5.41, 5.74) is 2.32. The zero-order valence-electron chi connectivity index (χ0n) is 20.5. The fraction of sp³-hybridized carbons (Fsp3) is 0.214. The number of carbonyl (C=O) groups excluding carboxylic acids is 1. The molecule has 1 amide bonds. The van der Waals surface area contributed by atoms with E-state index in [2.05, 4.69) is 17.2 Å². The SMILES string of the molecule is Cc1ccc(S(=O)(=O)N(C)CC(=O)NC(Cc2ccc(C#CCOc3ccccc3)cc2)C(=O)O)cc1. The number of hydrogen-bond acceptors (Lipinski definition) is 5. The van der Waals surface area contributed by atoms with Crippen LogP contribution in [0.1, 0.15) is 16.7 Å². The highest BCUT2D eigenvalue weighted by Crippen LogP contribution is 2.15. The Morgan fingerprint density at radius 1 is 1.00 bits per heavy atom. The maximum atomic E-state index is 12.7. The van der Waals surface area contributed by atoms with Gasteiger partial charge in [0.15, 0.2) is 0 Å². The molecule has 9 heteroatoms. The smallest absolute Gasteiger partial charge is 0.326 e. The number of benzene rings is 3. The van der Waals surface area contributed by atoms with Crippen LogP contribution in [0.2, 0.25) is 0 Å². The van der Waals surface area contributed by atoms with E-state index >= 15 is 0 Å². The summed E-state index contributed by atoms with van der Waals surface area (Å²) in [6, 6.07) is 21.3. The van der Waals surface area contributed by atoms with Crippen LogP contribution in [0, 0.1) is 18.8 Å². The minimum Gasteiger partial charge on any atom is -0.481 e. The number of aliphatic carboxylic acids is 1. The third-order valence-electron chi connectivity index (χ3n) is 5.41. The van der Waals surface area contributed by atoms with Gasteiger partial charge in [0.05, 0.1) is 11.4 Å². The number of ether oxygens (including phenoxy) is 1. The first-order valence-electron chi connectivity index (χ1n) is 11.5. The van der Waals surface area contributed by atoms with Crippen molar-refractivity contribution in [2.24, 2.45) is 0 Å². The van der Waals surface area contributed by atoms with Crippen molar-refractivity contribution in [2.45, 2.75) is 24.3 Å². The largest absolute Gasteiger partial charge is 0.481 e. The number of sulfonamides is 1. The van der Waals surface area contributed by atoms with Crippen LogP contribution in [0.5, 0.6) is 5.75 Å². The van der Waals surface area contributed by atoms with Crippen LogP contribution < -0.4 is 10.1 Å². The van der Waals surface area contributed by atoms with Crippen molar-refractivity contribution in [1.82, 2.24) is 9.62 Å². The van der Waals surface area contributed by atoms with Gasteiger partial charge in [0, 0.05) is 19.0 Å². The Labute approximate surface area is 216 Å².